The maximum Gasteiger partial charge on any atom is 0.234 e. The van der Waals surface area contributed by atoms with Gasteiger partial charge in [0, 0.05) is 38.6 Å². The summed E-state index contributed by atoms with van der Waals surface area (Å²) in [7, 11) is 0. The predicted molar refractivity (Wildman–Crippen MR) is 69.2 cm³/mol. The Morgan fingerprint density at radius 1 is 1.28 bits per heavy atom. The lowest BCUT2D eigenvalue weighted by Crippen LogP contribution is -2.53. The van der Waals surface area contributed by atoms with Crippen molar-refractivity contribution in [3.8, 4) is 0 Å². The molecule has 1 aromatic heterocycles. The zero-order valence-corrected chi connectivity index (χ0v) is 10.8. The van der Waals surface area contributed by atoms with Gasteiger partial charge in [-0.15, -0.1) is 0 Å². The van der Waals surface area contributed by atoms with Crippen molar-refractivity contribution in [2.45, 2.75) is 19.9 Å². The van der Waals surface area contributed by atoms with Crippen LogP contribution in [0.1, 0.15) is 12.5 Å². The summed E-state index contributed by atoms with van der Waals surface area (Å²) in [6, 6.07) is -0.203. The molecule has 1 aliphatic heterocycles. The van der Waals surface area contributed by atoms with Crippen LogP contribution in [0.2, 0.25) is 0 Å². The first-order valence-corrected chi connectivity index (χ1v) is 6.15. The molecule has 1 atom stereocenters. The third-order valence-corrected chi connectivity index (χ3v) is 3.32. The van der Waals surface area contributed by atoms with Gasteiger partial charge in [-0.25, -0.2) is 9.97 Å². The number of carbonyl (C=O) groups excluding carboxylic acids is 1. The molecule has 0 unspecified atom stereocenters. The van der Waals surface area contributed by atoms with Crippen LogP contribution in [0.3, 0.4) is 0 Å². The van der Waals surface area contributed by atoms with Gasteiger partial charge in [0.25, 0.3) is 0 Å². The molecule has 2 heterocycles. The second-order valence-corrected chi connectivity index (χ2v) is 4.66. The van der Waals surface area contributed by atoms with Crippen LogP contribution in [0, 0.1) is 6.92 Å². The largest absolute Gasteiger partial charge is 0.368 e. The lowest BCUT2D eigenvalue weighted by Gasteiger charge is -2.36. The number of nitrogens with zero attached hydrogens (tertiary/aromatic N) is 4. The molecule has 6 nitrogen and oxygen atoms in total. The van der Waals surface area contributed by atoms with E-state index in [0.717, 1.165) is 37.7 Å². The van der Waals surface area contributed by atoms with Crippen molar-refractivity contribution in [2.75, 3.05) is 31.1 Å². The van der Waals surface area contributed by atoms with Crippen LogP contribution in [0.5, 0.6) is 0 Å². The zero-order valence-electron chi connectivity index (χ0n) is 10.8. The van der Waals surface area contributed by atoms with E-state index in [9.17, 15) is 4.79 Å². The first-order chi connectivity index (χ1) is 8.58. The predicted octanol–water partition coefficient (Wildman–Crippen LogP) is -0.219. The quantitative estimate of drug-likeness (QED) is 0.801. The molecule has 0 saturated carbocycles. The number of anilines is 1. The van der Waals surface area contributed by atoms with Crippen LogP contribution in [0.25, 0.3) is 0 Å². The number of nitrogens with two attached hydrogens (primary N) is 1. The summed E-state index contributed by atoms with van der Waals surface area (Å²) in [6.07, 6.45) is 3.64. The van der Waals surface area contributed by atoms with E-state index in [0.29, 0.717) is 0 Å². The number of amides is 1. The minimum atomic E-state index is -0.268. The molecule has 1 amide bonds. The maximum absolute atomic E-state index is 11.1. The number of rotatable bonds is 3. The topological polar surface area (TPSA) is 75.3 Å². The van der Waals surface area contributed by atoms with Gasteiger partial charge in [-0.05, 0) is 19.4 Å². The van der Waals surface area contributed by atoms with Crippen molar-refractivity contribution in [1.82, 2.24) is 14.9 Å². The molecule has 1 saturated heterocycles. The fraction of sp³-hybridized carbons (Fsp3) is 0.583. The molecule has 0 aromatic carbocycles. The van der Waals surface area contributed by atoms with Crippen LogP contribution >= 0.6 is 0 Å². The van der Waals surface area contributed by atoms with Gasteiger partial charge in [-0.3, -0.25) is 9.69 Å². The Kier molecular flexibility index (Phi) is 3.76. The van der Waals surface area contributed by atoms with E-state index < -0.39 is 0 Å². The van der Waals surface area contributed by atoms with Gasteiger partial charge < -0.3 is 10.6 Å². The number of hydrogen-bond donors (Lipinski definition) is 1. The normalized spacial score (nSPS) is 18.7. The van der Waals surface area contributed by atoms with Gasteiger partial charge >= 0.3 is 0 Å². The van der Waals surface area contributed by atoms with Crippen molar-refractivity contribution in [3.63, 3.8) is 0 Å². The van der Waals surface area contributed by atoms with Gasteiger partial charge in [0.05, 0.1) is 6.04 Å². The van der Waals surface area contributed by atoms with E-state index in [1.54, 1.807) is 0 Å². The number of hydrogen-bond acceptors (Lipinski definition) is 5. The zero-order chi connectivity index (χ0) is 13.1. The second kappa shape index (κ2) is 5.30. The number of carbonyl (C=O) groups is 1. The van der Waals surface area contributed by atoms with Crippen LogP contribution in [-0.4, -0.2) is 53.0 Å². The van der Waals surface area contributed by atoms with Crippen LogP contribution in [0.15, 0.2) is 12.4 Å². The Hall–Kier alpha value is -1.69. The number of piperazine rings is 1. The van der Waals surface area contributed by atoms with Gasteiger partial charge in [0.15, 0.2) is 0 Å². The fourth-order valence-electron chi connectivity index (χ4n) is 2.04. The first kappa shape index (κ1) is 12.8. The van der Waals surface area contributed by atoms with E-state index in [1.165, 1.54) is 0 Å². The molecular weight excluding hydrogens is 230 g/mol. The highest BCUT2D eigenvalue weighted by molar-refractivity contribution is 5.79. The Labute approximate surface area is 107 Å². The number of aromatic nitrogens is 2. The molecule has 1 aliphatic rings. The Bertz CT molecular complexity index is 411. The van der Waals surface area contributed by atoms with Crippen LogP contribution in [0.4, 0.5) is 5.95 Å². The maximum atomic E-state index is 11.1. The summed E-state index contributed by atoms with van der Waals surface area (Å²) >= 11 is 0. The van der Waals surface area contributed by atoms with Crippen molar-refractivity contribution >= 4 is 11.9 Å². The SMILES string of the molecule is Cc1cnc(N2CCN([C@@H](C)C(N)=O)CC2)nc1. The highest BCUT2D eigenvalue weighted by Gasteiger charge is 2.24. The summed E-state index contributed by atoms with van der Waals surface area (Å²) in [6.45, 7) is 7.07. The van der Waals surface area contributed by atoms with E-state index >= 15 is 0 Å². The molecule has 6 heteroatoms. The van der Waals surface area contributed by atoms with E-state index in [4.69, 9.17) is 5.73 Å². The van der Waals surface area contributed by atoms with Crippen LogP contribution in [-0.2, 0) is 4.79 Å². The van der Waals surface area contributed by atoms with Gasteiger partial charge in [-0.2, -0.15) is 0 Å². The van der Waals surface area contributed by atoms with Crippen molar-refractivity contribution < 1.29 is 4.79 Å². The van der Waals surface area contributed by atoms with Gasteiger partial charge in [-0.1, -0.05) is 0 Å². The third kappa shape index (κ3) is 2.76. The summed E-state index contributed by atoms with van der Waals surface area (Å²) < 4.78 is 0. The molecule has 0 radical (unpaired) electrons. The summed E-state index contributed by atoms with van der Waals surface area (Å²) in [5, 5.41) is 0. The molecule has 1 fully saturated rings. The second-order valence-electron chi connectivity index (χ2n) is 4.66. The van der Waals surface area contributed by atoms with E-state index in [-0.39, 0.29) is 11.9 Å². The summed E-state index contributed by atoms with van der Waals surface area (Å²) in [5.41, 5.74) is 6.37. The van der Waals surface area contributed by atoms with Gasteiger partial charge in [0.1, 0.15) is 0 Å². The molecule has 0 aliphatic carbocycles. The third-order valence-electron chi connectivity index (χ3n) is 3.32. The average Bonchev–Trinajstić information content (AvgIpc) is 2.39. The Morgan fingerprint density at radius 3 is 2.33 bits per heavy atom. The summed E-state index contributed by atoms with van der Waals surface area (Å²) in [5.74, 6) is 0.488. The van der Waals surface area contributed by atoms with Crippen molar-refractivity contribution in [1.29, 1.82) is 0 Å². The molecule has 2 N–H and O–H groups in total. The van der Waals surface area contributed by atoms with Crippen molar-refractivity contribution in [3.05, 3.63) is 18.0 Å². The first-order valence-electron chi connectivity index (χ1n) is 6.15. The molecule has 0 spiro atoms. The minimum Gasteiger partial charge on any atom is -0.368 e. The smallest absolute Gasteiger partial charge is 0.234 e. The monoisotopic (exact) mass is 249 g/mol. The highest BCUT2D eigenvalue weighted by atomic mass is 16.1. The average molecular weight is 249 g/mol. The summed E-state index contributed by atoms with van der Waals surface area (Å²) in [4.78, 5) is 24.0. The molecular formula is C12H19N5O. The highest BCUT2D eigenvalue weighted by Crippen LogP contribution is 2.12. The fourth-order valence-corrected chi connectivity index (χ4v) is 2.04. The minimum absolute atomic E-state index is 0.203. The molecule has 0 bridgehead atoms. The molecule has 1 aromatic rings. The number of primary amides is 1. The van der Waals surface area contributed by atoms with E-state index in [1.807, 2.05) is 26.2 Å². The Morgan fingerprint density at radius 2 is 1.83 bits per heavy atom. The molecule has 2 rings (SSSR count). The van der Waals surface area contributed by atoms with Gasteiger partial charge in [0.2, 0.25) is 11.9 Å². The molecule has 98 valence electrons. The van der Waals surface area contributed by atoms with Crippen LogP contribution < -0.4 is 10.6 Å². The lowest BCUT2D eigenvalue weighted by atomic mass is 10.2. The van der Waals surface area contributed by atoms with E-state index in [2.05, 4.69) is 19.8 Å². The Balaban J connectivity index is 1.94. The standard InChI is InChI=1S/C12H19N5O/c1-9-7-14-12(15-8-9)17-5-3-16(4-6-17)10(2)11(13)18/h7-8,10H,3-6H2,1-2H3,(H2,13,18)/t10-/m0/s1. The lowest BCUT2D eigenvalue weighted by molar-refractivity contribution is -0.122. The number of aryl methyl sites for hydroxylation is 1. The molecule has 18 heavy (non-hydrogen) atoms. The van der Waals surface area contributed by atoms with Crippen molar-refractivity contribution in [2.24, 2.45) is 5.73 Å².